The number of carbonyl (C=O) groups is 2. The molecule has 4 atom stereocenters. The molecule has 0 spiro atoms. The summed E-state index contributed by atoms with van der Waals surface area (Å²) in [6, 6.07) is 8.60. The first-order valence-corrected chi connectivity index (χ1v) is 9.71. The molecule has 3 heterocycles. The van der Waals surface area contributed by atoms with Gasteiger partial charge in [0.15, 0.2) is 17.4 Å². The van der Waals surface area contributed by atoms with Gasteiger partial charge in [0.05, 0.1) is 6.61 Å². The average molecular weight is 406 g/mol. The molecule has 0 unspecified atom stereocenters. The van der Waals surface area contributed by atoms with Gasteiger partial charge in [0.1, 0.15) is 31.3 Å². The molecule has 0 radical (unpaired) electrons. The smallest absolute Gasteiger partial charge is 0.313 e. The van der Waals surface area contributed by atoms with Crippen molar-refractivity contribution in [2.24, 2.45) is 0 Å². The molecular weight excluding hydrogens is 380 g/mol. The number of hydrogen-bond acceptors (Lipinski definition) is 8. The van der Waals surface area contributed by atoms with E-state index < -0.39 is 35.5 Å². The highest BCUT2D eigenvalue weighted by Crippen LogP contribution is 2.47. The number of rotatable bonds is 5. The summed E-state index contributed by atoms with van der Waals surface area (Å²) >= 11 is 0. The lowest BCUT2D eigenvalue weighted by Crippen LogP contribution is -2.60. The predicted molar refractivity (Wildman–Crippen MR) is 98.9 cm³/mol. The molecule has 4 rings (SSSR count). The van der Waals surface area contributed by atoms with Gasteiger partial charge in [0.2, 0.25) is 5.79 Å². The molecule has 3 fully saturated rings. The van der Waals surface area contributed by atoms with Gasteiger partial charge in [-0.25, -0.2) is 0 Å². The molecule has 3 aliphatic heterocycles. The van der Waals surface area contributed by atoms with E-state index in [2.05, 4.69) is 0 Å². The van der Waals surface area contributed by atoms with E-state index in [1.165, 1.54) is 0 Å². The van der Waals surface area contributed by atoms with Crippen LogP contribution in [0.4, 0.5) is 0 Å². The van der Waals surface area contributed by atoms with Gasteiger partial charge in [0, 0.05) is 5.56 Å². The standard InChI is InChI=1S/C21H26O8/c1-19(2)26-15-11-25-21(18(17(15)27-19)28-20(3,4)29-21)12-24-16(23)10-14(22)13-8-6-5-7-9-13/h5-9,15,17-18H,10-12H2,1-4H3/t15-,17-,18+,21+/m1/s1. The zero-order valence-corrected chi connectivity index (χ0v) is 17.0. The molecule has 0 aliphatic carbocycles. The second-order valence-corrected chi connectivity index (χ2v) is 8.43. The molecule has 0 N–H and O–H groups in total. The quantitative estimate of drug-likeness (QED) is 0.418. The lowest BCUT2D eigenvalue weighted by Gasteiger charge is -2.40. The fourth-order valence-electron chi connectivity index (χ4n) is 4.04. The Kier molecular flexibility index (Phi) is 5.03. The van der Waals surface area contributed by atoms with E-state index in [0.29, 0.717) is 5.56 Å². The summed E-state index contributed by atoms with van der Waals surface area (Å²) in [5.74, 6) is -4.02. The van der Waals surface area contributed by atoms with Gasteiger partial charge >= 0.3 is 5.97 Å². The number of ether oxygens (including phenoxy) is 6. The van der Waals surface area contributed by atoms with E-state index in [4.69, 9.17) is 28.4 Å². The first-order valence-electron chi connectivity index (χ1n) is 9.71. The van der Waals surface area contributed by atoms with Crippen molar-refractivity contribution in [1.82, 2.24) is 0 Å². The summed E-state index contributed by atoms with van der Waals surface area (Å²) in [4.78, 5) is 24.5. The summed E-state index contributed by atoms with van der Waals surface area (Å²) < 4.78 is 35.3. The molecule has 8 nitrogen and oxygen atoms in total. The average Bonchev–Trinajstić information content (AvgIpc) is 3.12. The van der Waals surface area contributed by atoms with Crippen molar-refractivity contribution in [2.45, 2.75) is 69.8 Å². The highest BCUT2D eigenvalue weighted by atomic mass is 16.9. The maximum Gasteiger partial charge on any atom is 0.313 e. The summed E-state index contributed by atoms with van der Waals surface area (Å²) in [6.45, 7) is 7.16. The van der Waals surface area contributed by atoms with Crippen molar-refractivity contribution in [3.05, 3.63) is 35.9 Å². The molecule has 3 aliphatic rings. The summed E-state index contributed by atoms with van der Waals surface area (Å²) in [5, 5.41) is 0. The molecule has 0 aromatic heterocycles. The van der Waals surface area contributed by atoms with Gasteiger partial charge in [-0.2, -0.15) is 0 Å². The Morgan fingerprint density at radius 2 is 1.76 bits per heavy atom. The van der Waals surface area contributed by atoms with Crippen molar-refractivity contribution in [3.63, 3.8) is 0 Å². The zero-order valence-electron chi connectivity index (χ0n) is 17.0. The first kappa shape index (κ1) is 20.4. The number of carbonyl (C=O) groups excluding carboxylic acids is 2. The SMILES string of the molecule is CC1(C)O[C@@H]2[C@@H](CO[C@@]3(COC(=O)CC(=O)c4ccccc4)OC(C)(C)O[C@@H]23)O1. The molecule has 158 valence electrons. The van der Waals surface area contributed by atoms with Crippen molar-refractivity contribution < 1.29 is 38.0 Å². The third-order valence-corrected chi connectivity index (χ3v) is 5.11. The van der Waals surface area contributed by atoms with Crippen LogP contribution >= 0.6 is 0 Å². The predicted octanol–water partition coefficient (Wildman–Crippen LogP) is 2.20. The molecular formula is C21H26O8. The minimum absolute atomic E-state index is 0.213. The summed E-state index contributed by atoms with van der Waals surface area (Å²) in [5.41, 5.74) is 0.456. The molecule has 0 saturated carbocycles. The Morgan fingerprint density at radius 3 is 2.48 bits per heavy atom. The fraction of sp³-hybridized carbons (Fsp3) is 0.619. The van der Waals surface area contributed by atoms with Gasteiger partial charge in [-0.05, 0) is 27.7 Å². The third kappa shape index (κ3) is 4.08. The highest BCUT2D eigenvalue weighted by Gasteiger charge is 2.65. The van der Waals surface area contributed by atoms with Crippen LogP contribution in [0, 0.1) is 0 Å². The molecule has 1 aromatic carbocycles. The highest BCUT2D eigenvalue weighted by molar-refractivity contribution is 6.05. The number of fused-ring (bicyclic) bond motifs is 3. The Bertz CT molecular complexity index is 789. The van der Waals surface area contributed by atoms with Gasteiger partial charge < -0.3 is 28.4 Å². The topological polar surface area (TPSA) is 89.5 Å². The Hall–Kier alpha value is -1.84. The van der Waals surface area contributed by atoms with Crippen LogP contribution in [0.1, 0.15) is 44.5 Å². The van der Waals surface area contributed by atoms with E-state index in [1.54, 1.807) is 44.2 Å². The molecule has 8 heteroatoms. The second-order valence-electron chi connectivity index (χ2n) is 8.43. The molecule has 3 saturated heterocycles. The zero-order chi connectivity index (χ0) is 20.9. The van der Waals surface area contributed by atoms with E-state index in [9.17, 15) is 9.59 Å². The van der Waals surface area contributed by atoms with Gasteiger partial charge in [0.25, 0.3) is 0 Å². The maximum atomic E-state index is 12.3. The number of hydrogen-bond donors (Lipinski definition) is 0. The first-order chi connectivity index (χ1) is 13.6. The minimum atomic E-state index is -1.32. The molecule has 0 bridgehead atoms. The van der Waals surface area contributed by atoms with E-state index >= 15 is 0 Å². The lowest BCUT2D eigenvalue weighted by atomic mass is 9.97. The lowest BCUT2D eigenvalue weighted by molar-refractivity contribution is -0.296. The van der Waals surface area contributed by atoms with Crippen LogP contribution in [0.5, 0.6) is 0 Å². The molecule has 0 amide bonds. The van der Waals surface area contributed by atoms with Crippen LogP contribution < -0.4 is 0 Å². The van der Waals surface area contributed by atoms with Crippen molar-refractivity contribution in [3.8, 4) is 0 Å². The largest absolute Gasteiger partial charge is 0.459 e. The Balaban J connectivity index is 1.44. The Labute approximate surface area is 169 Å². The van der Waals surface area contributed by atoms with Crippen LogP contribution in [0.3, 0.4) is 0 Å². The van der Waals surface area contributed by atoms with Crippen molar-refractivity contribution in [2.75, 3.05) is 13.2 Å². The number of benzene rings is 1. The minimum Gasteiger partial charge on any atom is -0.459 e. The van der Waals surface area contributed by atoms with Crippen LogP contribution in [0.25, 0.3) is 0 Å². The van der Waals surface area contributed by atoms with Crippen LogP contribution in [-0.4, -0.2) is 60.6 Å². The van der Waals surface area contributed by atoms with E-state index in [1.807, 2.05) is 13.8 Å². The Morgan fingerprint density at radius 1 is 1.03 bits per heavy atom. The van der Waals surface area contributed by atoms with Gasteiger partial charge in [-0.3, -0.25) is 9.59 Å². The number of esters is 1. The van der Waals surface area contributed by atoms with E-state index in [0.717, 1.165) is 0 Å². The number of ketones is 1. The normalized spacial score (nSPS) is 34.3. The van der Waals surface area contributed by atoms with Crippen LogP contribution in [0.2, 0.25) is 0 Å². The second kappa shape index (κ2) is 7.14. The monoisotopic (exact) mass is 406 g/mol. The van der Waals surface area contributed by atoms with Crippen LogP contribution in [-0.2, 0) is 33.2 Å². The van der Waals surface area contributed by atoms with Crippen molar-refractivity contribution >= 4 is 11.8 Å². The third-order valence-electron chi connectivity index (χ3n) is 5.11. The van der Waals surface area contributed by atoms with Gasteiger partial charge in [-0.1, -0.05) is 30.3 Å². The van der Waals surface area contributed by atoms with Crippen LogP contribution in [0.15, 0.2) is 30.3 Å². The summed E-state index contributed by atoms with van der Waals surface area (Å²) in [7, 11) is 0. The van der Waals surface area contributed by atoms with Crippen molar-refractivity contribution in [1.29, 1.82) is 0 Å². The number of Topliss-reactive ketones (excluding diaryl/α,β-unsaturated/α-hetero) is 1. The molecule has 29 heavy (non-hydrogen) atoms. The fourth-order valence-corrected chi connectivity index (χ4v) is 4.04. The molecule has 1 aromatic rings. The van der Waals surface area contributed by atoms with E-state index in [-0.39, 0.29) is 31.5 Å². The van der Waals surface area contributed by atoms with Gasteiger partial charge in [-0.15, -0.1) is 0 Å². The maximum absolute atomic E-state index is 12.3. The summed E-state index contributed by atoms with van der Waals surface area (Å²) in [6.07, 6.45) is -1.75.